The summed E-state index contributed by atoms with van der Waals surface area (Å²) in [6.07, 6.45) is 5.29. The van der Waals surface area contributed by atoms with Gasteiger partial charge in [0, 0.05) is 40.9 Å². The molecule has 0 unspecified atom stereocenters. The van der Waals surface area contributed by atoms with Crippen molar-refractivity contribution in [1.29, 1.82) is 0 Å². The highest BCUT2D eigenvalue weighted by Gasteiger charge is 2.15. The van der Waals surface area contributed by atoms with Gasteiger partial charge in [0.25, 0.3) is 0 Å². The van der Waals surface area contributed by atoms with Crippen molar-refractivity contribution in [3.05, 3.63) is 59.1 Å². The van der Waals surface area contributed by atoms with Crippen LogP contribution in [0.3, 0.4) is 0 Å². The molecule has 4 aromatic heterocycles. The number of ether oxygens (including phenoxy) is 1. The molecular formula is C19H17FN4O2. The maximum absolute atomic E-state index is 13.6. The Balaban J connectivity index is 1.80. The number of aromatic nitrogens is 4. The number of hydrogen-bond donors (Lipinski definition) is 1. The molecule has 0 aliphatic rings. The lowest BCUT2D eigenvalue weighted by molar-refractivity contribution is 0.391. The van der Waals surface area contributed by atoms with Crippen molar-refractivity contribution in [1.82, 2.24) is 20.1 Å². The minimum Gasteiger partial charge on any atom is -0.481 e. The summed E-state index contributed by atoms with van der Waals surface area (Å²) >= 11 is 0. The first kappa shape index (κ1) is 16.3. The van der Waals surface area contributed by atoms with Crippen molar-refractivity contribution in [3.63, 3.8) is 0 Å². The Hall–Kier alpha value is -3.22. The first-order valence-corrected chi connectivity index (χ1v) is 8.14. The molecule has 7 heteroatoms. The summed E-state index contributed by atoms with van der Waals surface area (Å²) in [5.41, 5.74) is 5.11. The number of hydrogen-bond acceptors (Lipinski definition) is 5. The molecule has 6 nitrogen and oxygen atoms in total. The summed E-state index contributed by atoms with van der Waals surface area (Å²) in [5, 5.41) is 4.96. The van der Waals surface area contributed by atoms with Crippen molar-refractivity contribution in [2.24, 2.45) is 0 Å². The molecule has 0 saturated heterocycles. The fourth-order valence-corrected chi connectivity index (χ4v) is 3.22. The molecule has 0 saturated carbocycles. The average Bonchev–Trinajstić information content (AvgIpc) is 3.18. The number of fused-ring (bicyclic) bond motifs is 1. The lowest BCUT2D eigenvalue weighted by Crippen LogP contribution is -1.97. The average molecular weight is 352 g/mol. The Bertz CT molecular complexity index is 1080. The Morgan fingerprint density at radius 3 is 2.73 bits per heavy atom. The smallest absolute Gasteiger partial charge is 0.216 e. The lowest BCUT2D eigenvalue weighted by atomic mass is 10.0. The lowest BCUT2D eigenvalue weighted by Gasteiger charge is -2.07. The molecule has 0 amide bonds. The maximum Gasteiger partial charge on any atom is 0.216 e. The standard InChI is InChI=1S/C19H17FN4O2/c1-10-17(11(2)26-24-10)14-6-16-13(7-21-18(16)22-8-14)4-12-5-15(20)9-23-19(12)25-3/h5-9H,4H2,1-3H3,(H,21,22). The van der Waals surface area contributed by atoms with E-state index in [1.54, 1.807) is 6.20 Å². The van der Waals surface area contributed by atoms with Gasteiger partial charge in [-0.3, -0.25) is 0 Å². The van der Waals surface area contributed by atoms with Crippen molar-refractivity contribution < 1.29 is 13.7 Å². The number of halogens is 1. The molecule has 0 spiro atoms. The van der Waals surface area contributed by atoms with E-state index in [-0.39, 0.29) is 0 Å². The Morgan fingerprint density at radius 2 is 2.00 bits per heavy atom. The summed E-state index contributed by atoms with van der Waals surface area (Å²) in [6.45, 7) is 3.78. The molecule has 0 aliphatic heterocycles. The van der Waals surface area contributed by atoms with Gasteiger partial charge in [0.05, 0.1) is 19.0 Å². The molecule has 4 heterocycles. The number of H-pyrrole nitrogens is 1. The Labute approximate surface area is 149 Å². The second-order valence-corrected chi connectivity index (χ2v) is 6.13. The predicted molar refractivity (Wildman–Crippen MR) is 94.6 cm³/mol. The van der Waals surface area contributed by atoms with E-state index in [2.05, 4.69) is 20.1 Å². The zero-order valence-electron chi connectivity index (χ0n) is 14.6. The topological polar surface area (TPSA) is 76.8 Å². The number of rotatable bonds is 4. The minimum absolute atomic E-state index is 0.393. The van der Waals surface area contributed by atoms with Crippen LogP contribution in [0.15, 0.2) is 35.2 Å². The SMILES string of the molecule is COc1ncc(F)cc1Cc1c[nH]c2ncc(-c3c(C)noc3C)cc12. The number of aryl methyl sites for hydroxylation is 2. The molecule has 0 aromatic carbocycles. The van der Waals surface area contributed by atoms with Crippen LogP contribution < -0.4 is 4.74 Å². The molecule has 0 atom stereocenters. The fraction of sp³-hybridized carbons (Fsp3) is 0.211. The van der Waals surface area contributed by atoms with E-state index in [9.17, 15) is 4.39 Å². The van der Waals surface area contributed by atoms with Crippen LogP contribution in [0.25, 0.3) is 22.2 Å². The predicted octanol–water partition coefficient (Wildman–Crippen LogP) is 3.97. The molecule has 4 rings (SSSR count). The van der Waals surface area contributed by atoms with Gasteiger partial charge in [-0.1, -0.05) is 5.16 Å². The second kappa shape index (κ2) is 6.25. The van der Waals surface area contributed by atoms with Crippen LogP contribution in [0, 0.1) is 19.7 Å². The normalized spacial score (nSPS) is 11.2. The number of nitrogens with zero attached hydrogens (tertiary/aromatic N) is 3. The third-order valence-corrected chi connectivity index (χ3v) is 4.41. The van der Waals surface area contributed by atoms with E-state index in [0.717, 1.165) is 45.4 Å². The largest absolute Gasteiger partial charge is 0.481 e. The van der Waals surface area contributed by atoms with Crippen LogP contribution in [0.1, 0.15) is 22.6 Å². The van der Waals surface area contributed by atoms with Gasteiger partial charge in [-0.25, -0.2) is 14.4 Å². The molecule has 0 radical (unpaired) electrons. The van der Waals surface area contributed by atoms with Crippen LogP contribution in [0.5, 0.6) is 5.88 Å². The van der Waals surface area contributed by atoms with Crippen molar-refractivity contribution in [3.8, 4) is 17.0 Å². The third kappa shape index (κ3) is 2.71. The molecule has 0 aliphatic carbocycles. The highest BCUT2D eigenvalue weighted by molar-refractivity contribution is 5.85. The van der Waals surface area contributed by atoms with Crippen LogP contribution in [0.4, 0.5) is 4.39 Å². The van der Waals surface area contributed by atoms with Crippen molar-refractivity contribution in [2.75, 3.05) is 7.11 Å². The fourth-order valence-electron chi connectivity index (χ4n) is 3.22. The quantitative estimate of drug-likeness (QED) is 0.601. The number of nitrogens with one attached hydrogen (secondary N) is 1. The van der Waals surface area contributed by atoms with Gasteiger partial charge >= 0.3 is 0 Å². The van der Waals surface area contributed by atoms with Crippen LogP contribution in [-0.4, -0.2) is 27.2 Å². The number of pyridine rings is 2. The zero-order valence-corrected chi connectivity index (χ0v) is 14.6. The Morgan fingerprint density at radius 1 is 1.15 bits per heavy atom. The monoisotopic (exact) mass is 352 g/mol. The van der Waals surface area contributed by atoms with Gasteiger partial charge in [-0.05, 0) is 31.5 Å². The molecule has 0 bridgehead atoms. The van der Waals surface area contributed by atoms with Gasteiger partial charge in [0.2, 0.25) is 5.88 Å². The molecule has 132 valence electrons. The first-order valence-electron chi connectivity index (χ1n) is 8.14. The molecule has 26 heavy (non-hydrogen) atoms. The molecule has 0 fully saturated rings. The molecule has 1 N–H and O–H groups in total. The van der Waals surface area contributed by atoms with Gasteiger partial charge in [0.1, 0.15) is 17.2 Å². The number of aromatic amines is 1. The maximum atomic E-state index is 13.6. The summed E-state index contributed by atoms with van der Waals surface area (Å²) < 4.78 is 24.1. The van der Waals surface area contributed by atoms with Crippen LogP contribution >= 0.6 is 0 Å². The Kier molecular flexibility index (Phi) is 3.91. The van der Waals surface area contributed by atoms with E-state index < -0.39 is 5.82 Å². The van der Waals surface area contributed by atoms with Crippen LogP contribution in [0.2, 0.25) is 0 Å². The van der Waals surface area contributed by atoms with Gasteiger partial charge < -0.3 is 14.2 Å². The van der Waals surface area contributed by atoms with Gasteiger partial charge in [-0.2, -0.15) is 0 Å². The number of methoxy groups -OCH3 is 1. The van der Waals surface area contributed by atoms with Gasteiger partial charge in [0.15, 0.2) is 0 Å². The van der Waals surface area contributed by atoms with E-state index in [1.807, 2.05) is 26.1 Å². The first-order chi connectivity index (χ1) is 12.6. The van der Waals surface area contributed by atoms with Crippen molar-refractivity contribution in [2.45, 2.75) is 20.3 Å². The van der Waals surface area contributed by atoms with Crippen LogP contribution in [-0.2, 0) is 6.42 Å². The summed E-state index contributed by atoms with van der Waals surface area (Å²) in [5.74, 6) is 0.766. The minimum atomic E-state index is -0.393. The third-order valence-electron chi connectivity index (χ3n) is 4.41. The van der Waals surface area contributed by atoms with E-state index in [1.165, 1.54) is 13.2 Å². The van der Waals surface area contributed by atoms with Crippen molar-refractivity contribution >= 4 is 11.0 Å². The summed E-state index contributed by atoms with van der Waals surface area (Å²) in [6, 6.07) is 3.48. The summed E-state index contributed by atoms with van der Waals surface area (Å²) in [4.78, 5) is 11.6. The highest BCUT2D eigenvalue weighted by atomic mass is 19.1. The molecular weight excluding hydrogens is 335 g/mol. The zero-order chi connectivity index (χ0) is 18.3. The van der Waals surface area contributed by atoms with E-state index in [0.29, 0.717) is 17.9 Å². The second-order valence-electron chi connectivity index (χ2n) is 6.13. The highest BCUT2D eigenvalue weighted by Crippen LogP contribution is 2.31. The summed E-state index contributed by atoms with van der Waals surface area (Å²) in [7, 11) is 1.52. The molecule has 4 aromatic rings. The van der Waals surface area contributed by atoms with E-state index in [4.69, 9.17) is 9.26 Å². The van der Waals surface area contributed by atoms with Gasteiger partial charge in [-0.15, -0.1) is 0 Å². The van der Waals surface area contributed by atoms with E-state index >= 15 is 0 Å².